The zero-order valence-corrected chi connectivity index (χ0v) is 15.0. The van der Waals surface area contributed by atoms with Gasteiger partial charge in [-0.3, -0.25) is 4.99 Å². The number of nitrogens with one attached hydrogen (secondary N) is 1. The normalized spacial score (nSPS) is 41.0. The van der Waals surface area contributed by atoms with Crippen molar-refractivity contribution in [1.29, 1.82) is 0 Å². The SMILES string of the molecule is CC(C)=CCC1C2CC3=C4C=C2NC1C(C)C(C)(CN=CC4)C3. The number of hydrogen-bond acceptors (Lipinski definition) is 2. The largest absolute Gasteiger partial charge is 0.385 e. The van der Waals surface area contributed by atoms with Gasteiger partial charge in [0.05, 0.1) is 0 Å². The topological polar surface area (TPSA) is 24.4 Å². The van der Waals surface area contributed by atoms with Crippen LogP contribution in [0.25, 0.3) is 0 Å². The molecule has 2 nitrogen and oxygen atoms in total. The summed E-state index contributed by atoms with van der Waals surface area (Å²) in [5.74, 6) is 2.11. The zero-order valence-electron chi connectivity index (χ0n) is 15.0. The van der Waals surface area contributed by atoms with Gasteiger partial charge in [-0.1, -0.05) is 31.1 Å². The van der Waals surface area contributed by atoms with Gasteiger partial charge in [0.25, 0.3) is 0 Å². The summed E-state index contributed by atoms with van der Waals surface area (Å²) in [6.45, 7) is 10.4. The van der Waals surface area contributed by atoms with Crippen molar-refractivity contribution in [3.05, 3.63) is 34.6 Å². The molecule has 4 rings (SSSR count). The maximum atomic E-state index is 4.79. The van der Waals surface area contributed by atoms with Crippen molar-refractivity contribution in [2.75, 3.05) is 6.54 Å². The lowest BCUT2D eigenvalue weighted by Gasteiger charge is -2.44. The molecule has 0 aromatic carbocycles. The van der Waals surface area contributed by atoms with E-state index in [2.05, 4.69) is 51.4 Å². The molecule has 0 amide bonds. The second-order valence-corrected chi connectivity index (χ2v) is 8.74. The van der Waals surface area contributed by atoms with Crippen molar-refractivity contribution < 1.29 is 0 Å². The van der Waals surface area contributed by atoms with Crippen molar-refractivity contribution in [1.82, 2.24) is 5.32 Å². The van der Waals surface area contributed by atoms with Crippen LogP contribution in [0.5, 0.6) is 0 Å². The molecule has 23 heavy (non-hydrogen) atoms. The molecular weight excluding hydrogens is 280 g/mol. The maximum Gasteiger partial charge on any atom is 0.0445 e. The second-order valence-electron chi connectivity index (χ2n) is 8.74. The molecule has 0 aromatic heterocycles. The van der Waals surface area contributed by atoms with Crippen LogP contribution in [0.3, 0.4) is 0 Å². The Balaban J connectivity index is 1.79. The average molecular weight is 310 g/mol. The minimum absolute atomic E-state index is 0.289. The van der Waals surface area contributed by atoms with Crippen LogP contribution in [0.2, 0.25) is 0 Å². The van der Waals surface area contributed by atoms with Crippen LogP contribution in [0.1, 0.15) is 53.4 Å². The molecule has 4 aliphatic rings. The summed E-state index contributed by atoms with van der Waals surface area (Å²) in [4.78, 5) is 4.79. The summed E-state index contributed by atoms with van der Waals surface area (Å²) in [5.41, 5.74) is 6.54. The molecule has 1 N–H and O–H groups in total. The Labute approximate surface area is 140 Å². The highest BCUT2D eigenvalue weighted by atomic mass is 15.0. The summed E-state index contributed by atoms with van der Waals surface area (Å²) in [6, 6.07) is 0.598. The molecule has 0 aromatic rings. The van der Waals surface area contributed by atoms with E-state index in [0.29, 0.717) is 12.0 Å². The summed E-state index contributed by atoms with van der Waals surface area (Å²) >= 11 is 0. The van der Waals surface area contributed by atoms with E-state index in [1.54, 1.807) is 11.1 Å². The Kier molecular flexibility index (Phi) is 3.55. The van der Waals surface area contributed by atoms with E-state index in [9.17, 15) is 0 Å². The molecule has 1 saturated heterocycles. The number of rotatable bonds is 2. The first-order valence-electron chi connectivity index (χ1n) is 9.28. The Morgan fingerprint density at radius 1 is 1.43 bits per heavy atom. The summed E-state index contributed by atoms with van der Waals surface area (Å²) in [6.07, 6.45) is 11.9. The minimum Gasteiger partial charge on any atom is -0.385 e. The number of aliphatic imine (C=N–C) groups is 1. The van der Waals surface area contributed by atoms with E-state index < -0.39 is 0 Å². The highest BCUT2D eigenvalue weighted by molar-refractivity contribution is 5.64. The lowest BCUT2D eigenvalue weighted by atomic mass is 9.61. The average Bonchev–Trinajstić information content (AvgIpc) is 2.85. The molecule has 5 unspecified atom stereocenters. The summed E-state index contributed by atoms with van der Waals surface area (Å²) in [5, 5.41) is 3.97. The van der Waals surface area contributed by atoms with Crippen molar-refractivity contribution in [2.45, 2.75) is 59.4 Å². The van der Waals surface area contributed by atoms with Gasteiger partial charge >= 0.3 is 0 Å². The fourth-order valence-electron chi connectivity index (χ4n) is 5.27. The van der Waals surface area contributed by atoms with Crippen molar-refractivity contribution in [3.8, 4) is 0 Å². The van der Waals surface area contributed by atoms with Crippen molar-refractivity contribution >= 4 is 6.21 Å². The highest BCUT2D eigenvalue weighted by Crippen LogP contribution is 2.53. The fraction of sp³-hybridized carbons (Fsp3) is 0.667. The Hall–Kier alpha value is -1.31. The molecule has 0 spiro atoms. The number of fused-ring (bicyclic) bond motifs is 2. The first-order chi connectivity index (χ1) is 11.0. The van der Waals surface area contributed by atoms with Crippen LogP contribution >= 0.6 is 0 Å². The third-order valence-electron chi connectivity index (χ3n) is 6.91. The van der Waals surface area contributed by atoms with Gasteiger partial charge in [0, 0.05) is 36.8 Å². The predicted molar refractivity (Wildman–Crippen MR) is 97.5 cm³/mol. The van der Waals surface area contributed by atoms with E-state index in [1.165, 1.54) is 30.5 Å². The summed E-state index contributed by atoms with van der Waals surface area (Å²) in [7, 11) is 0. The first kappa shape index (κ1) is 15.2. The predicted octanol–water partition coefficient (Wildman–Crippen LogP) is 4.65. The quantitative estimate of drug-likeness (QED) is 0.738. The monoisotopic (exact) mass is 310 g/mol. The van der Waals surface area contributed by atoms with Crippen LogP contribution in [-0.4, -0.2) is 18.8 Å². The van der Waals surface area contributed by atoms with Gasteiger partial charge in [-0.05, 0) is 62.0 Å². The van der Waals surface area contributed by atoms with Crippen LogP contribution < -0.4 is 5.32 Å². The maximum absolute atomic E-state index is 4.79. The van der Waals surface area contributed by atoms with E-state index in [0.717, 1.165) is 24.8 Å². The Morgan fingerprint density at radius 3 is 3.04 bits per heavy atom. The lowest BCUT2D eigenvalue weighted by Crippen LogP contribution is -2.45. The van der Waals surface area contributed by atoms with E-state index >= 15 is 0 Å². The number of allylic oxidation sites excluding steroid dienone is 6. The fourth-order valence-corrected chi connectivity index (χ4v) is 5.27. The van der Waals surface area contributed by atoms with E-state index in [1.807, 2.05) is 0 Å². The van der Waals surface area contributed by atoms with Crippen molar-refractivity contribution in [3.63, 3.8) is 0 Å². The van der Waals surface area contributed by atoms with Gasteiger partial charge in [-0.15, -0.1) is 0 Å². The standard InChI is InChI=1S/C21H30N2/c1-13(2)5-6-17-18-9-16-11-21(4)12-22-8-7-15(16)10-19(18)23-20(17)14(21)3/h5,8,10,14,17-18,20,23H,6-7,9,11-12H2,1-4H3. The number of hydrogen-bond donors (Lipinski definition) is 1. The van der Waals surface area contributed by atoms with Crippen LogP contribution in [-0.2, 0) is 0 Å². The van der Waals surface area contributed by atoms with Gasteiger partial charge in [0.15, 0.2) is 0 Å². The molecule has 2 heteroatoms. The molecule has 1 saturated carbocycles. The molecule has 124 valence electrons. The molecule has 2 heterocycles. The molecule has 4 bridgehead atoms. The van der Waals surface area contributed by atoms with Gasteiger partial charge in [-0.25, -0.2) is 0 Å². The molecule has 0 radical (unpaired) electrons. The van der Waals surface area contributed by atoms with Gasteiger partial charge < -0.3 is 5.32 Å². The van der Waals surface area contributed by atoms with Crippen LogP contribution in [0, 0.1) is 23.2 Å². The molecule has 2 fully saturated rings. The van der Waals surface area contributed by atoms with Gasteiger partial charge in [0.1, 0.15) is 0 Å². The van der Waals surface area contributed by atoms with Crippen LogP contribution in [0.15, 0.2) is 39.6 Å². The van der Waals surface area contributed by atoms with Gasteiger partial charge in [-0.2, -0.15) is 0 Å². The zero-order chi connectivity index (χ0) is 16.2. The van der Waals surface area contributed by atoms with E-state index in [4.69, 9.17) is 4.99 Å². The Bertz CT molecular complexity index is 632. The molecule has 2 aliphatic carbocycles. The lowest BCUT2D eigenvalue weighted by molar-refractivity contribution is 0.126. The smallest absolute Gasteiger partial charge is 0.0445 e. The van der Waals surface area contributed by atoms with Gasteiger partial charge in [0.2, 0.25) is 0 Å². The molecule has 5 atom stereocenters. The highest BCUT2D eigenvalue weighted by Gasteiger charge is 2.50. The second kappa shape index (κ2) is 5.36. The van der Waals surface area contributed by atoms with Crippen molar-refractivity contribution in [2.24, 2.45) is 28.2 Å². The Morgan fingerprint density at radius 2 is 2.26 bits per heavy atom. The number of nitrogens with zero attached hydrogens (tertiary/aromatic N) is 1. The third kappa shape index (κ3) is 2.42. The summed E-state index contributed by atoms with van der Waals surface area (Å²) < 4.78 is 0. The molecule has 2 aliphatic heterocycles. The minimum atomic E-state index is 0.289. The first-order valence-corrected chi connectivity index (χ1v) is 9.28. The third-order valence-corrected chi connectivity index (χ3v) is 6.91. The molecular formula is C21H30N2. The van der Waals surface area contributed by atoms with E-state index in [-0.39, 0.29) is 5.41 Å². The van der Waals surface area contributed by atoms with Crippen LogP contribution in [0.4, 0.5) is 0 Å².